The monoisotopic (exact) mass is 413 g/mol. The fraction of sp³-hybridized carbons (Fsp3) is 0.538. The molecule has 4 heteroatoms. The molecule has 0 amide bonds. The van der Waals surface area contributed by atoms with Gasteiger partial charge in [-0.3, -0.25) is 4.90 Å². The van der Waals surface area contributed by atoms with Crippen molar-refractivity contribution < 1.29 is 14.6 Å². The number of aliphatic hydroxyl groups excluding tert-OH is 1. The van der Waals surface area contributed by atoms with Gasteiger partial charge in [0.05, 0.1) is 24.4 Å². The zero-order valence-corrected chi connectivity index (χ0v) is 19.1. The van der Waals surface area contributed by atoms with Crippen LogP contribution in [0.2, 0.25) is 0 Å². The summed E-state index contributed by atoms with van der Waals surface area (Å²) in [5, 5.41) is 9.13. The highest BCUT2D eigenvalue weighted by atomic mass is 16.5. The van der Waals surface area contributed by atoms with Gasteiger partial charge in [-0.1, -0.05) is 60.7 Å². The number of aliphatic hydroxyl groups is 1. The van der Waals surface area contributed by atoms with Gasteiger partial charge in [-0.25, -0.2) is 0 Å². The lowest BCUT2D eigenvalue weighted by molar-refractivity contribution is -0.0806. The van der Waals surface area contributed by atoms with E-state index in [0.717, 1.165) is 26.1 Å². The average molecular weight is 414 g/mol. The Balaban J connectivity index is 1.84. The minimum atomic E-state index is -0.299. The first-order valence-electron chi connectivity index (χ1n) is 11.0. The van der Waals surface area contributed by atoms with Crippen molar-refractivity contribution in [2.45, 2.75) is 64.8 Å². The highest BCUT2D eigenvalue weighted by Crippen LogP contribution is 2.19. The fourth-order valence-electron chi connectivity index (χ4n) is 3.33. The molecule has 2 aromatic carbocycles. The minimum absolute atomic E-state index is 0.144. The summed E-state index contributed by atoms with van der Waals surface area (Å²) in [5.74, 6) is 0. The predicted molar refractivity (Wildman–Crippen MR) is 123 cm³/mol. The molecule has 4 nitrogen and oxygen atoms in total. The summed E-state index contributed by atoms with van der Waals surface area (Å²) < 4.78 is 12.2. The Morgan fingerprint density at radius 1 is 0.700 bits per heavy atom. The first-order valence-corrected chi connectivity index (χ1v) is 11.0. The standard InChI is InChI=1S/C26H39NO3/c1-25(2,15-18-28)29-19-16-26(3,4)30-20-17-27(21-23-11-7-5-8-12-23)22-24-13-9-6-10-14-24/h5-14,28H,15-22H2,1-4H3. The van der Waals surface area contributed by atoms with E-state index in [9.17, 15) is 0 Å². The first-order chi connectivity index (χ1) is 14.3. The second-order valence-corrected chi connectivity index (χ2v) is 9.12. The van der Waals surface area contributed by atoms with Crippen molar-refractivity contribution >= 4 is 0 Å². The van der Waals surface area contributed by atoms with E-state index in [0.29, 0.717) is 19.6 Å². The molecule has 0 aliphatic heterocycles. The Hall–Kier alpha value is -1.72. The van der Waals surface area contributed by atoms with Crippen LogP contribution >= 0.6 is 0 Å². The highest BCUT2D eigenvalue weighted by molar-refractivity contribution is 5.17. The number of hydrogen-bond acceptors (Lipinski definition) is 4. The molecule has 0 aliphatic rings. The van der Waals surface area contributed by atoms with E-state index < -0.39 is 0 Å². The second kappa shape index (κ2) is 12.2. The molecule has 0 unspecified atom stereocenters. The zero-order chi connectivity index (χ0) is 21.9. The largest absolute Gasteiger partial charge is 0.396 e. The van der Waals surface area contributed by atoms with Crippen LogP contribution in [0.3, 0.4) is 0 Å². The van der Waals surface area contributed by atoms with Crippen LogP contribution in [0.4, 0.5) is 0 Å². The van der Waals surface area contributed by atoms with Gasteiger partial charge < -0.3 is 14.6 Å². The van der Waals surface area contributed by atoms with Crippen molar-refractivity contribution in [2.24, 2.45) is 0 Å². The summed E-state index contributed by atoms with van der Waals surface area (Å²) in [6.45, 7) is 12.4. The SMILES string of the molecule is CC(C)(CCO)OCCC(C)(C)OCCN(Cc1ccccc1)Cc1ccccc1. The molecule has 0 bridgehead atoms. The minimum Gasteiger partial charge on any atom is -0.396 e. The van der Waals surface area contributed by atoms with Crippen LogP contribution < -0.4 is 0 Å². The number of ether oxygens (including phenoxy) is 2. The summed E-state index contributed by atoms with van der Waals surface area (Å²) >= 11 is 0. The smallest absolute Gasteiger partial charge is 0.0649 e. The van der Waals surface area contributed by atoms with Crippen LogP contribution in [-0.4, -0.2) is 47.6 Å². The molecule has 0 aromatic heterocycles. The molecule has 0 atom stereocenters. The van der Waals surface area contributed by atoms with Crippen molar-refractivity contribution in [3.63, 3.8) is 0 Å². The molecule has 1 N–H and O–H groups in total. The van der Waals surface area contributed by atoms with Gasteiger partial charge in [-0.05, 0) is 51.7 Å². The van der Waals surface area contributed by atoms with Crippen LogP contribution in [-0.2, 0) is 22.6 Å². The molecular formula is C26H39NO3. The van der Waals surface area contributed by atoms with Crippen molar-refractivity contribution in [3.05, 3.63) is 71.8 Å². The lowest BCUT2D eigenvalue weighted by Crippen LogP contribution is -2.34. The maximum absolute atomic E-state index is 9.13. The Morgan fingerprint density at radius 2 is 1.17 bits per heavy atom. The van der Waals surface area contributed by atoms with E-state index in [2.05, 4.69) is 79.4 Å². The maximum atomic E-state index is 9.13. The van der Waals surface area contributed by atoms with Crippen molar-refractivity contribution in [1.29, 1.82) is 0 Å². The van der Waals surface area contributed by atoms with Crippen molar-refractivity contribution in [2.75, 3.05) is 26.4 Å². The zero-order valence-electron chi connectivity index (χ0n) is 19.1. The predicted octanol–water partition coefficient (Wildman–Crippen LogP) is 5.05. The van der Waals surface area contributed by atoms with Gasteiger partial charge in [0.25, 0.3) is 0 Å². The molecule has 0 saturated heterocycles. The second-order valence-electron chi connectivity index (χ2n) is 9.12. The number of nitrogens with zero attached hydrogens (tertiary/aromatic N) is 1. The highest BCUT2D eigenvalue weighted by Gasteiger charge is 2.22. The van der Waals surface area contributed by atoms with Gasteiger partial charge >= 0.3 is 0 Å². The third kappa shape index (κ3) is 9.86. The third-order valence-electron chi connectivity index (χ3n) is 5.31. The maximum Gasteiger partial charge on any atom is 0.0649 e. The molecule has 0 spiro atoms. The van der Waals surface area contributed by atoms with E-state index in [-0.39, 0.29) is 17.8 Å². The summed E-state index contributed by atoms with van der Waals surface area (Å²) in [6, 6.07) is 21.2. The van der Waals surface area contributed by atoms with E-state index >= 15 is 0 Å². The molecular weight excluding hydrogens is 374 g/mol. The van der Waals surface area contributed by atoms with E-state index in [1.165, 1.54) is 11.1 Å². The normalized spacial score (nSPS) is 12.5. The Bertz CT molecular complexity index is 659. The molecule has 0 heterocycles. The first kappa shape index (κ1) is 24.5. The lowest BCUT2D eigenvalue weighted by atomic mass is 10.0. The van der Waals surface area contributed by atoms with E-state index in [4.69, 9.17) is 14.6 Å². The molecule has 0 saturated carbocycles. The fourth-order valence-corrected chi connectivity index (χ4v) is 3.33. The van der Waals surface area contributed by atoms with Crippen LogP contribution in [0.15, 0.2) is 60.7 Å². The van der Waals surface area contributed by atoms with E-state index in [1.807, 2.05) is 13.8 Å². The summed E-state index contributed by atoms with van der Waals surface area (Å²) in [6.07, 6.45) is 1.46. The van der Waals surface area contributed by atoms with Crippen molar-refractivity contribution in [1.82, 2.24) is 4.90 Å². The number of rotatable bonds is 14. The van der Waals surface area contributed by atoms with E-state index in [1.54, 1.807) is 0 Å². The van der Waals surface area contributed by atoms with Gasteiger partial charge in [0, 0.05) is 26.2 Å². The quantitative estimate of drug-likeness (QED) is 0.470. The molecule has 2 aromatic rings. The summed E-state index contributed by atoms with van der Waals surface area (Å²) in [5.41, 5.74) is 2.08. The number of hydrogen-bond donors (Lipinski definition) is 1. The molecule has 2 rings (SSSR count). The average Bonchev–Trinajstić information content (AvgIpc) is 2.69. The van der Waals surface area contributed by atoms with Crippen LogP contribution in [0, 0.1) is 0 Å². The van der Waals surface area contributed by atoms with Gasteiger partial charge in [0.1, 0.15) is 0 Å². The molecule has 166 valence electrons. The Kier molecular flexibility index (Phi) is 9.99. The van der Waals surface area contributed by atoms with Crippen molar-refractivity contribution in [3.8, 4) is 0 Å². The van der Waals surface area contributed by atoms with Gasteiger partial charge in [-0.15, -0.1) is 0 Å². The lowest BCUT2D eigenvalue weighted by Gasteiger charge is -2.30. The third-order valence-corrected chi connectivity index (χ3v) is 5.31. The van der Waals surface area contributed by atoms with Gasteiger partial charge in [0.2, 0.25) is 0 Å². The molecule has 30 heavy (non-hydrogen) atoms. The Morgan fingerprint density at radius 3 is 1.67 bits per heavy atom. The van der Waals surface area contributed by atoms with Gasteiger partial charge in [-0.2, -0.15) is 0 Å². The van der Waals surface area contributed by atoms with Crippen LogP contribution in [0.5, 0.6) is 0 Å². The number of benzene rings is 2. The van der Waals surface area contributed by atoms with Crippen LogP contribution in [0.1, 0.15) is 51.7 Å². The summed E-state index contributed by atoms with van der Waals surface area (Å²) in [4.78, 5) is 2.43. The van der Waals surface area contributed by atoms with Crippen LogP contribution in [0.25, 0.3) is 0 Å². The topological polar surface area (TPSA) is 41.9 Å². The summed E-state index contributed by atoms with van der Waals surface area (Å²) in [7, 11) is 0. The molecule has 0 aliphatic carbocycles. The molecule has 0 fully saturated rings. The molecule has 0 radical (unpaired) electrons. The van der Waals surface area contributed by atoms with Gasteiger partial charge in [0.15, 0.2) is 0 Å². The Labute approximate surface area is 182 Å².